The minimum absolute atomic E-state index is 0.368. The van der Waals surface area contributed by atoms with E-state index in [0.29, 0.717) is 17.3 Å². The van der Waals surface area contributed by atoms with Crippen molar-refractivity contribution < 1.29 is 4.42 Å². The Morgan fingerprint density at radius 2 is 1.91 bits per heavy atom. The van der Waals surface area contributed by atoms with Gasteiger partial charge in [0.05, 0.1) is 12.2 Å². The van der Waals surface area contributed by atoms with Gasteiger partial charge in [0.25, 0.3) is 0 Å². The number of halogens is 1. The minimum Gasteiger partial charge on any atom is -0.408 e. The molecule has 0 fully saturated rings. The van der Waals surface area contributed by atoms with E-state index in [4.69, 9.17) is 16.0 Å². The average molecular weight is 317 g/mol. The summed E-state index contributed by atoms with van der Waals surface area (Å²) in [6.07, 6.45) is 0. The average Bonchev–Trinajstić information content (AvgIpc) is 2.77. The molecule has 0 amide bonds. The van der Waals surface area contributed by atoms with Crippen molar-refractivity contribution in [1.82, 2.24) is 9.47 Å². The zero-order valence-corrected chi connectivity index (χ0v) is 13.3. The Kier molecular flexibility index (Phi) is 4.05. The number of oxazole rings is 1. The van der Waals surface area contributed by atoms with Gasteiger partial charge in [-0.2, -0.15) is 0 Å². The lowest BCUT2D eigenvalue weighted by molar-refractivity contribution is 0.253. The standard InChI is InChI=1S/C17H17ClN2O2/c1-12-3-5-13(6-4-12)10-19(2)11-20-15-8-7-14(18)9-16(15)22-17(20)21/h3-9H,10-11H2,1-2H3. The largest absolute Gasteiger partial charge is 0.421 e. The van der Waals surface area contributed by atoms with Crippen molar-refractivity contribution in [1.29, 1.82) is 0 Å². The highest BCUT2D eigenvalue weighted by atomic mass is 35.5. The van der Waals surface area contributed by atoms with E-state index in [0.717, 1.165) is 12.1 Å². The predicted molar refractivity (Wildman–Crippen MR) is 88.1 cm³/mol. The van der Waals surface area contributed by atoms with Crippen LogP contribution in [0.15, 0.2) is 51.7 Å². The summed E-state index contributed by atoms with van der Waals surface area (Å²) in [6.45, 7) is 3.28. The number of nitrogens with zero attached hydrogens (tertiary/aromatic N) is 2. The fourth-order valence-electron chi connectivity index (χ4n) is 2.47. The van der Waals surface area contributed by atoms with E-state index in [9.17, 15) is 4.79 Å². The Bertz CT molecular complexity index is 849. The highest BCUT2D eigenvalue weighted by Gasteiger charge is 2.11. The number of hydrogen-bond donors (Lipinski definition) is 0. The Balaban J connectivity index is 1.82. The molecule has 0 saturated carbocycles. The van der Waals surface area contributed by atoms with Gasteiger partial charge in [0, 0.05) is 17.6 Å². The first-order valence-corrected chi connectivity index (χ1v) is 7.44. The summed E-state index contributed by atoms with van der Waals surface area (Å²) in [7, 11) is 1.97. The second-order valence-electron chi connectivity index (χ2n) is 5.55. The van der Waals surface area contributed by atoms with Crippen molar-refractivity contribution in [3.05, 3.63) is 69.2 Å². The molecule has 5 heteroatoms. The van der Waals surface area contributed by atoms with E-state index in [1.165, 1.54) is 11.1 Å². The summed E-state index contributed by atoms with van der Waals surface area (Å²) in [5.41, 5.74) is 3.71. The van der Waals surface area contributed by atoms with Crippen molar-refractivity contribution in [3.63, 3.8) is 0 Å². The molecule has 0 spiro atoms. The van der Waals surface area contributed by atoms with Gasteiger partial charge in [-0.15, -0.1) is 0 Å². The molecular weight excluding hydrogens is 300 g/mol. The van der Waals surface area contributed by atoms with Crippen LogP contribution in [0.2, 0.25) is 5.02 Å². The predicted octanol–water partition coefficient (Wildman–Crippen LogP) is 3.65. The molecule has 0 aliphatic rings. The topological polar surface area (TPSA) is 38.4 Å². The summed E-state index contributed by atoms with van der Waals surface area (Å²) in [5, 5.41) is 0.557. The first kappa shape index (κ1) is 14.9. The summed E-state index contributed by atoms with van der Waals surface area (Å²) in [5.74, 6) is -0.368. The van der Waals surface area contributed by atoms with Crippen molar-refractivity contribution in [2.24, 2.45) is 0 Å². The second kappa shape index (κ2) is 5.99. The number of aromatic nitrogens is 1. The molecule has 1 heterocycles. The molecule has 0 N–H and O–H groups in total. The first-order chi connectivity index (χ1) is 10.5. The van der Waals surface area contributed by atoms with Crippen LogP contribution in [0.4, 0.5) is 0 Å². The van der Waals surface area contributed by atoms with Crippen LogP contribution in [0, 0.1) is 6.92 Å². The molecule has 0 saturated heterocycles. The van der Waals surface area contributed by atoms with Crippen molar-refractivity contribution >= 4 is 22.7 Å². The smallest absolute Gasteiger partial charge is 0.408 e. The van der Waals surface area contributed by atoms with E-state index in [1.807, 2.05) is 13.1 Å². The molecular formula is C17H17ClN2O2. The van der Waals surface area contributed by atoms with E-state index in [2.05, 4.69) is 36.1 Å². The van der Waals surface area contributed by atoms with Crippen LogP contribution < -0.4 is 5.76 Å². The van der Waals surface area contributed by atoms with E-state index < -0.39 is 0 Å². The van der Waals surface area contributed by atoms with Gasteiger partial charge < -0.3 is 4.42 Å². The molecule has 0 aliphatic heterocycles. The highest BCUT2D eigenvalue weighted by molar-refractivity contribution is 6.31. The van der Waals surface area contributed by atoms with Crippen molar-refractivity contribution in [2.45, 2.75) is 20.1 Å². The lowest BCUT2D eigenvalue weighted by Gasteiger charge is -2.17. The maximum atomic E-state index is 12.0. The molecule has 0 atom stereocenters. The Hall–Kier alpha value is -2.04. The molecule has 4 nitrogen and oxygen atoms in total. The van der Waals surface area contributed by atoms with Crippen LogP contribution in [-0.2, 0) is 13.2 Å². The molecule has 2 aromatic carbocycles. The monoisotopic (exact) mass is 316 g/mol. The second-order valence-corrected chi connectivity index (χ2v) is 5.99. The van der Waals surface area contributed by atoms with Crippen LogP contribution in [0.25, 0.3) is 11.1 Å². The first-order valence-electron chi connectivity index (χ1n) is 7.06. The van der Waals surface area contributed by atoms with Gasteiger partial charge >= 0.3 is 5.76 Å². The number of hydrogen-bond acceptors (Lipinski definition) is 3. The van der Waals surface area contributed by atoms with Crippen LogP contribution in [0.3, 0.4) is 0 Å². The Morgan fingerprint density at radius 1 is 1.18 bits per heavy atom. The van der Waals surface area contributed by atoms with Crippen LogP contribution in [0.5, 0.6) is 0 Å². The van der Waals surface area contributed by atoms with Crippen LogP contribution in [-0.4, -0.2) is 16.5 Å². The number of aryl methyl sites for hydroxylation is 1. The molecule has 3 rings (SSSR count). The summed E-state index contributed by atoms with van der Waals surface area (Å²) < 4.78 is 6.85. The lowest BCUT2D eigenvalue weighted by Crippen LogP contribution is -2.27. The van der Waals surface area contributed by atoms with E-state index in [1.54, 1.807) is 16.7 Å². The third-order valence-corrected chi connectivity index (χ3v) is 3.82. The SMILES string of the molecule is Cc1ccc(CN(C)Cn2c(=O)oc3cc(Cl)ccc32)cc1. The fraction of sp³-hybridized carbons (Fsp3) is 0.235. The van der Waals surface area contributed by atoms with Crippen molar-refractivity contribution in [2.75, 3.05) is 7.05 Å². The van der Waals surface area contributed by atoms with E-state index >= 15 is 0 Å². The summed E-state index contributed by atoms with van der Waals surface area (Å²) >= 11 is 5.92. The van der Waals surface area contributed by atoms with Gasteiger partial charge in [-0.25, -0.2) is 4.79 Å². The third kappa shape index (κ3) is 3.08. The van der Waals surface area contributed by atoms with Crippen LogP contribution >= 0.6 is 11.6 Å². The molecule has 0 aliphatic carbocycles. The molecule has 1 aromatic heterocycles. The molecule has 0 bridgehead atoms. The number of fused-ring (bicyclic) bond motifs is 1. The fourth-order valence-corrected chi connectivity index (χ4v) is 2.63. The van der Waals surface area contributed by atoms with Gasteiger partial charge in [0.15, 0.2) is 5.58 Å². The third-order valence-electron chi connectivity index (χ3n) is 3.59. The van der Waals surface area contributed by atoms with Crippen LogP contribution in [0.1, 0.15) is 11.1 Å². The highest BCUT2D eigenvalue weighted by Crippen LogP contribution is 2.18. The lowest BCUT2D eigenvalue weighted by atomic mass is 10.1. The number of benzene rings is 2. The Morgan fingerprint density at radius 3 is 2.64 bits per heavy atom. The van der Waals surface area contributed by atoms with Gasteiger partial charge in [-0.3, -0.25) is 9.47 Å². The Labute approximate surface area is 133 Å². The van der Waals surface area contributed by atoms with Gasteiger partial charge in [-0.05, 0) is 31.7 Å². The normalized spacial score (nSPS) is 11.5. The number of rotatable bonds is 4. The zero-order valence-electron chi connectivity index (χ0n) is 12.5. The van der Waals surface area contributed by atoms with E-state index in [-0.39, 0.29) is 5.76 Å². The van der Waals surface area contributed by atoms with Gasteiger partial charge in [0.1, 0.15) is 0 Å². The van der Waals surface area contributed by atoms with Gasteiger partial charge in [0.2, 0.25) is 0 Å². The van der Waals surface area contributed by atoms with Gasteiger partial charge in [-0.1, -0.05) is 41.4 Å². The maximum Gasteiger partial charge on any atom is 0.421 e. The molecule has 22 heavy (non-hydrogen) atoms. The minimum atomic E-state index is -0.368. The van der Waals surface area contributed by atoms with Crippen molar-refractivity contribution in [3.8, 4) is 0 Å². The molecule has 0 radical (unpaired) electrons. The zero-order chi connectivity index (χ0) is 15.7. The molecule has 114 valence electrons. The summed E-state index contributed by atoms with van der Waals surface area (Å²) in [4.78, 5) is 14.1. The molecule has 3 aromatic rings. The molecule has 0 unspecified atom stereocenters. The maximum absolute atomic E-state index is 12.0. The quantitative estimate of drug-likeness (QED) is 0.737. The summed E-state index contributed by atoms with van der Waals surface area (Å²) in [6, 6.07) is 13.6.